The molecule has 0 spiro atoms. The molecule has 0 atom stereocenters. The normalized spacial score (nSPS) is 11.0. The van der Waals surface area contributed by atoms with Crippen LogP contribution < -0.4 is 0 Å². The van der Waals surface area contributed by atoms with Gasteiger partial charge in [-0.2, -0.15) is 0 Å². The summed E-state index contributed by atoms with van der Waals surface area (Å²) in [6, 6.07) is 0. The molecule has 0 amide bonds. The predicted octanol–water partition coefficient (Wildman–Crippen LogP) is 6.11. The van der Waals surface area contributed by atoms with Crippen molar-refractivity contribution in [3.63, 3.8) is 0 Å². The van der Waals surface area contributed by atoms with E-state index < -0.39 is 11.9 Å². The van der Waals surface area contributed by atoms with Crippen LogP contribution in [0.2, 0.25) is 0 Å². The lowest BCUT2D eigenvalue weighted by Gasteiger charge is -2.23. The molecule has 0 aromatic heterocycles. The van der Waals surface area contributed by atoms with E-state index in [1.165, 1.54) is 109 Å². The molecule has 0 saturated heterocycles. The molecule has 0 heterocycles. The minimum Gasteiger partial charge on any atom is -0.473 e. The summed E-state index contributed by atoms with van der Waals surface area (Å²) in [5.74, 6) is -3.65. The van der Waals surface area contributed by atoms with Gasteiger partial charge in [-0.15, -0.1) is 0 Å². The molecule has 28 heavy (non-hydrogen) atoms. The van der Waals surface area contributed by atoms with E-state index in [1.54, 1.807) is 0 Å². The summed E-state index contributed by atoms with van der Waals surface area (Å²) in [5, 5.41) is 14.8. The minimum absolute atomic E-state index is 1.12. The Balaban J connectivity index is 0. The second-order valence-corrected chi connectivity index (χ2v) is 8.93. The highest BCUT2D eigenvalue weighted by molar-refractivity contribution is 6.27. The molecule has 0 aromatic carbocycles. The molecule has 0 radical (unpaired) electrons. The minimum atomic E-state index is -1.82. The van der Waals surface area contributed by atoms with Crippen LogP contribution in [0.5, 0.6) is 0 Å². The first-order valence-corrected chi connectivity index (χ1v) is 11.5. The molecule has 0 aliphatic heterocycles. The summed E-state index contributed by atoms with van der Waals surface area (Å²) in [6.07, 6.45) is 23.4. The van der Waals surface area contributed by atoms with Crippen LogP contribution in [-0.2, 0) is 9.59 Å². The Morgan fingerprint density at radius 1 is 0.536 bits per heavy atom. The number of carbonyl (C=O) groups is 2. The Morgan fingerprint density at radius 3 is 1.00 bits per heavy atom. The monoisotopic (exact) mass is 402 g/mol. The Hall–Kier alpha value is -1.10. The summed E-state index contributed by atoms with van der Waals surface area (Å²) >= 11 is 0. The highest BCUT2D eigenvalue weighted by Gasteiger charge is 2.05. The first-order valence-electron chi connectivity index (χ1n) is 11.5. The molecule has 0 aromatic rings. The quantitative estimate of drug-likeness (QED) is 0.175. The summed E-state index contributed by atoms with van der Waals surface area (Å²) in [4.78, 5) is 18.2. The van der Waals surface area contributed by atoms with Crippen molar-refractivity contribution in [1.82, 2.24) is 0 Å². The van der Waals surface area contributed by atoms with Crippen molar-refractivity contribution in [2.45, 2.75) is 110 Å². The maximum Gasteiger partial charge on any atom is 0.414 e. The second kappa shape index (κ2) is 20.6. The Morgan fingerprint density at radius 2 is 0.786 bits per heavy atom. The lowest BCUT2D eigenvalue weighted by Crippen LogP contribution is -2.35. The molecule has 0 aliphatic carbocycles. The van der Waals surface area contributed by atoms with Gasteiger partial charge >= 0.3 is 11.9 Å². The average molecular weight is 403 g/mol. The fourth-order valence-corrected chi connectivity index (χ4v) is 3.13. The van der Waals surface area contributed by atoms with E-state index >= 15 is 0 Å². The topological polar surface area (TPSA) is 74.6 Å². The van der Waals surface area contributed by atoms with Gasteiger partial charge in [0.2, 0.25) is 0 Å². The van der Waals surface area contributed by atoms with Crippen LogP contribution in [0.15, 0.2) is 0 Å². The number of unbranched alkanes of at least 4 members (excludes halogenated alkanes) is 15. The number of quaternary nitrogens is 1. The van der Waals surface area contributed by atoms with Gasteiger partial charge in [-0.1, -0.05) is 96.8 Å². The van der Waals surface area contributed by atoms with Gasteiger partial charge in [-0.25, -0.2) is 9.59 Å². The highest BCUT2D eigenvalue weighted by Crippen LogP contribution is 2.13. The SMILES string of the molecule is CCCCCCCCCCCCCCCCCC[N+](C)(C)C.O=C(O)C(=O)O. The van der Waals surface area contributed by atoms with Crippen LogP contribution in [0.3, 0.4) is 0 Å². The number of hydrogen-bond donors (Lipinski definition) is 2. The third-order valence-electron chi connectivity index (χ3n) is 4.87. The van der Waals surface area contributed by atoms with Gasteiger partial charge in [-0.05, 0) is 12.8 Å². The lowest BCUT2D eigenvalue weighted by molar-refractivity contribution is -0.870. The number of carboxylic acids is 2. The van der Waals surface area contributed by atoms with Crippen molar-refractivity contribution >= 4 is 11.9 Å². The van der Waals surface area contributed by atoms with Gasteiger partial charge in [0.15, 0.2) is 0 Å². The molecule has 0 saturated carbocycles. The maximum atomic E-state index is 9.10. The fourth-order valence-electron chi connectivity index (χ4n) is 3.13. The van der Waals surface area contributed by atoms with Gasteiger partial charge in [-0.3, -0.25) is 0 Å². The second-order valence-electron chi connectivity index (χ2n) is 8.93. The van der Waals surface area contributed by atoms with Gasteiger partial charge in [0.25, 0.3) is 0 Å². The zero-order valence-electron chi connectivity index (χ0n) is 19.2. The van der Waals surface area contributed by atoms with Crippen LogP contribution in [0.1, 0.15) is 110 Å². The number of aliphatic carboxylic acids is 2. The van der Waals surface area contributed by atoms with E-state index in [9.17, 15) is 0 Å². The predicted molar refractivity (Wildman–Crippen MR) is 118 cm³/mol. The lowest BCUT2D eigenvalue weighted by atomic mass is 10.0. The van der Waals surface area contributed by atoms with E-state index in [0.717, 1.165) is 4.48 Å². The van der Waals surface area contributed by atoms with Gasteiger partial charge in [0, 0.05) is 0 Å². The molecule has 168 valence electrons. The van der Waals surface area contributed by atoms with Crippen molar-refractivity contribution in [3.8, 4) is 0 Å². The molecule has 0 aliphatic rings. The number of hydrogen-bond acceptors (Lipinski definition) is 2. The number of rotatable bonds is 17. The molecule has 5 nitrogen and oxygen atoms in total. The molecule has 0 rings (SSSR count). The van der Waals surface area contributed by atoms with Gasteiger partial charge < -0.3 is 14.7 Å². The van der Waals surface area contributed by atoms with E-state index in [1.807, 2.05) is 0 Å². The van der Waals surface area contributed by atoms with Crippen LogP contribution in [0.25, 0.3) is 0 Å². The Bertz CT molecular complexity index is 352. The van der Waals surface area contributed by atoms with Gasteiger partial charge in [0.05, 0.1) is 27.7 Å². The number of nitrogens with zero attached hydrogens (tertiary/aromatic N) is 1. The van der Waals surface area contributed by atoms with E-state index in [-0.39, 0.29) is 0 Å². The summed E-state index contributed by atoms with van der Waals surface area (Å²) in [6.45, 7) is 3.63. The van der Waals surface area contributed by atoms with Gasteiger partial charge in [0.1, 0.15) is 0 Å². The molecule has 5 heteroatoms. The molecular weight excluding hydrogens is 354 g/mol. The number of carboxylic acid groups (broad SMARTS) is 2. The molecule has 0 bridgehead atoms. The largest absolute Gasteiger partial charge is 0.473 e. The smallest absolute Gasteiger partial charge is 0.414 e. The average Bonchev–Trinajstić information content (AvgIpc) is 2.61. The third-order valence-corrected chi connectivity index (χ3v) is 4.87. The summed E-state index contributed by atoms with van der Waals surface area (Å²) in [5.41, 5.74) is 0. The highest BCUT2D eigenvalue weighted by atomic mass is 16.4. The van der Waals surface area contributed by atoms with Crippen molar-refractivity contribution in [2.75, 3.05) is 27.7 Å². The fraction of sp³-hybridized carbons (Fsp3) is 0.913. The third kappa shape index (κ3) is 29.7. The van der Waals surface area contributed by atoms with Crippen molar-refractivity contribution < 1.29 is 24.3 Å². The Kier molecular flexibility index (Phi) is 21.4. The van der Waals surface area contributed by atoms with Crippen LogP contribution in [0.4, 0.5) is 0 Å². The van der Waals surface area contributed by atoms with Crippen LogP contribution in [0, 0.1) is 0 Å². The standard InChI is InChI=1S/C21H46N.C2H2O4/c1-5-6-7-8-9-10-11-12-13-14-15-16-17-18-19-20-21-22(2,3)4;3-1(4)2(5)6/h5-21H2,1-4H3;(H,3,4)(H,5,6)/q+1;. The van der Waals surface area contributed by atoms with Crippen LogP contribution >= 0.6 is 0 Å². The molecule has 0 fully saturated rings. The zero-order chi connectivity index (χ0) is 21.7. The molecular formula is C23H48NO4+. The first-order chi connectivity index (χ1) is 13.2. The zero-order valence-corrected chi connectivity index (χ0v) is 19.2. The summed E-state index contributed by atoms with van der Waals surface area (Å²) < 4.78 is 1.12. The van der Waals surface area contributed by atoms with Crippen LogP contribution in [-0.4, -0.2) is 54.3 Å². The summed E-state index contributed by atoms with van der Waals surface area (Å²) in [7, 11) is 6.89. The van der Waals surface area contributed by atoms with E-state index in [4.69, 9.17) is 19.8 Å². The van der Waals surface area contributed by atoms with E-state index in [2.05, 4.69) is 28.1 Å². The first kappa shape index (κ1) is 29.1. The molecule has 0 unspecified atom stereocenters. The van der Waals surface area contributed by atoms with E-state index in [0.29, 0.717) is 0 Å². The maximum absolute atomic E-state index is 9.10. The van der Waals surface area contributed by atoms with Crippen molar-refractivity contribution in [2.24, 2.45) is 0 Å². The Labute approximate surface area is 174 Å². The van der Waals surface area contributed by atoms with Crippen molar-refractivity contribution in [3.05, 3.63) is 0 Å². The molecule has 2 N–H and O–H groups in total. The van der Waals surface area contributed by atoms with Crippen molar-refractivity contribution in [1.29, 1.82) is 0 Å².